The highest BCUT2D eigenvalue weighted by Crippen LogP contribution is 2.24. The molecule has 1 aromatic rings. The monoisotopic (exact) mass is 213 g/mol. The van der Waals surface area contributed by atoms with Crippen LogP contribution >= 0.6 is 11.6 Å². The van der Waals surface area contributed by atoms with Crippen LogP contribution in [-0.2, 0) is 13.0 Å². The topological polar surface area (TPSA) is 30.7 Å². The lowest BCUT2D eigenvalue weighted by Crippen LogP contribution is -2.21. The van der Waals surface area contributed by atoms with Gasteiger partial charge in [0.15, 0.2) is 0 Å². The number of allylic oxidation sites excluding steroid dienone is 1. The lowest BCUT2D eigenvalue weighted by Gasteiger charge is -2.21. The standard InChI is InChI=1S/C10H16ClN3/c1-4-10(3,7-11)6-9-12-8-13-14(9)5-2/h4,8H,1,5-7H2,2-3H3. The number of rotatable bonds is 5. The predicted molar refractivity (Wildman–Crippen MR) is 58.4 cm³/mol. The van der Waals surface area contributed by atoms with Gasteiger partial charge in [-0.2, -0.15) is 5.10 Å². The summed E-state index contributed by atoms with van der Waals surface area (Å²) >= 11 is 5.89. The molecule has 0 saturated carbocycles. The van der Waals surface area contributed by atoms with Gasteiger partial charge in [0, 0.05) is 24.3 Å². The van der Waals surface area contributed by atoms with Gasteiger partial charge >= 0.3 is 0 Å². The summed E-state index contributed by atoms with van der Waals surface area (Å²) in [5.74, 6) is 1.52. The smallest absolute Gasteiger partial charge is 0.138 e. The molecule has 0 spiro atoms. The Morgan fingerprint density at radius 2 is 2.43 bits per heavy atom. The molecule has 14 heavy (non-hydrogen) atoms. The molecule has 1 atom stereocenters. The second kappa shape index (κ2) is 4.60. The fourth-order valence-electron chi connectivity index (χ4n) is 1.22. The second-order valence-electron chi connectivity index (χ2n) is 3.66. The van der Waals surface area contributed by atoms with Crippen LogP contribution in [0.3, 0.4) is 0 Å². The largest absolute Gasteiger partial charge is 0.250 e. The fraction of sp³-hybridized carbons (Fsp3) is 0.600. The van der Waals surface area contributed by atoms with Crippen molar-refractivity contribution in [1.82, 2.24) is 14.8 Å². The third-order valence-electron chi connectivity index (χ3n) is 2.36. The minimum atomic E-state index is -0.0957. The van der Waals surface area contributed by atoms with Crippen LogP contribution in [0.1, 0.15) is 19.7 Å². The number of halogens is 1. The van der Waals surface area contributed by atoms with E-state index in [1.807, 2.05) is 17.7 Å². The summed E-state index contributed by atoms with van der Waals surface area (Å²) in [5, 5.41) is 4.12. The fourth-order valence-corrected chi connectivity index (χ4v) is 1.43. The van der Waals surface area contributed by atoms with E-state index in [1.54, 1.807) is 6.33 Å². The maximum Gasteiger partial charge on any atom is 0.138 e. The Morgan fingerprint density at radius 1 is 1.71 bits per heavy atom. The van der Waals surface area contributed by atoms with Crippen molar-refractivity contribution in [3.8, 4) is 0 Å². The molecule has 4 heteroatoms. The van der Waals surface area contributed by atoms with Gasteiger partial charge in [-0.05, 0) is 6.92 Å². The quantitative estimate of drug-likeness (QED) is 0.555. The van der Waals surface area contributed by atoms with Crippen LogP contribution in [0, 0.1) is 5.41 Å². The molecule has 1 rings (SSSR count). The molecule has 0 radical (unpaired) electrons. The molecule has 0 aliphatic carbocycles. The maximum absolute atomic E-state index is 5.89. The molecular formula is C10H16ClN3. The highest BCUT2D eigenvalue weighted by molar-refractivity contribution is 6.18. The second-order valence-corrected chi connectivity index (χ2v) is 3.93. The maximum atomic E-state index is 5.89. The van der Waals surface area contributed by atoms with Crippen molar-refractivity contribution in [3.63, 3.8) is 0 Å². The van der Waals surface area contributed by atoms with E-state index in [9.17, 15) is 0 Å². The minimum Gasteiger partial charge on any atom is -0.250 e. The van der Waals surface area contributed by atoms with E-state index in [0.717, 1.165) is 18.8 Å². The lowest BCUT2D eigenvalue weighted by molar-refractivity contribution is 0.451. The van der Waals surface area contributed by atoms with Gasteiger partial charge < -0.3 is 0 Å². The lowest BCUT2D eigenvalue weighted by atomic mass is 9.89. The average Bonchev–Trinajstić information content (AvgIpc) is 2.65. The van der Waals surface area contributed by atoms with E-state index in [4.69, 9.17) is 11.6 Å². The number of hydrogen-bond acceptors (Lipinski definition) is 2. The number of aryl methyl sites for hydroxylation is 1. The minimum absolute atomic E-state index is 0.0957. The molecule has 0 aliphatic rings. The first-order valence-corrected chi connectivity index (χ1v) is 5.25. The van der Waals surface area contributed by atoms with Gasteiger partial charge in [-0.3, -0.25) is 4.68 Å². The summed E-state index contributed by atoms with van der Waals surface area (Å²) in [6, 6.07) is 0. The summed E-state index contributed by atoms with van der Waals surface area (Å²) < 4.78 is 1.88. The zero-order chi connectivity index (χ0) is 10.6. The summed E-state index contributed by atoms with van der Waals surface area (Å²) in [6.45, 7) is 8.75. The molecule has 0 amide bonds. The van der Waals surface area contributed by atoms with Crippen LogP contribution < -0.4 is 0 Å². The highest BCUT2D eigenvalue weighted by Gasteiger charge is 2.22. The van der Waals surface area contributed by atoms with Crippen LogP contribution in [0.15, 0.2) is 19.0 Å². The Balaban J connectivity index is 2.81. The summed E-state index contributed by atoms with van der Waals surface area (Å²) in [7, 11) is 0. The Hall–Kier alpha value is -0.830. The molecule has 0 fully saturated rings. The molecule has 0 bridgehead atoms. The molecule has 1 heterocycles. The average molecular weight is 214 g/mol. The van der Waals surface area contributed by atoms with Gasteiger partial charge in [-0.1, -0.05) is 13.0 Å². The molecule has 1 unspecified atom stereocenters. The summed E-state index contributed by atoms with van der Waals surface area (Å²) in [4.78, 5) is 4.21. The molecule has 1 aromatic heterocycles. The molecule has 0 aliphatic heterocycles. The van der Waals surface area contributed by atoms with Gasteiger partial charge in [0.2, 0.25) is 0 Å². The first-order valence-electron chi connectivity index (χ1n) is 4.71. The Labute approximate surface area is 89.8 Å². The van der Waals surface area contributed by atoms with Crippen LogP contribution in [0.25, 0.3) is 0 Å². The summed E-state index contributed by atoms with van der Waals surface area (Å²) in [6.07, 6.45) is 4.25. The molecule has 0 saturated heterocycles. The molecular weight excluding hydrogens is 198 g/mol. The third kappa shape index (κ3) is 2.35. The Bertz CT molecular complexity index is 308. The van der Waals surface area contributed by atoms with E-state index in [2.05, 4.69) is 23.6 Å². The SMILES string of the molecule is C=CC(C)(CCl)Cc1ncnn1CC. The van der Waals surface area contributed by atoms with E-state index in [-0.39, 0.29) is 5.41 Å². The van der Waals surface area contributed by atoms with Crippen LogP contribution in [0.5, 0.6) is 0 Å². The first-order chi connectivity index (χ1) is 6.65. The third-order valence-corrected chi connectivity index (χ3v) is 2.97. The highest BCUT2D eigenvalue weighted by atomic mass is 35.5. The Kier molecular flexibility index (Phi) is 3.69. The predicted octanol–water partition coefficient (Wildman–Crippen LogP) is 2.27. The summed E-state index contributed by atoms with van der Waals surface area (Å²) in [5.41, 5.74) is -0.0957. The van der Waals surface area contributed by atoms with E-state index in [1.165, 1.54) is 0 Å². The van der Waals surface area contributed by atoms with Crippen molar-refractivity contribution < 1.29 is 0 Å². The number of aromatic nitrogens is 3. The number of alkyl halides is 1. The number of nitrogens with zero attached hydrogens (tertiary/aromatic N) is 3. The van der Waals surface area contributed by atoms with Crippen molar-refractivity contribution in [3.05, 3.63) is 24.8 Å². The van der Waals surface area contributed by atoms with Crippen molar-refractivity contribution in [1.29, 1.82) is 0 Å². The number of hydrogen-bond donors (Lipinski definition) is 0. The van der Waals surface area contributed by atoms with Crippen molar-refractivity contribution >= 4 is 11.6 Å². The molecule has 78 valence electrons. The van der Waals surface area contributed by atoms with Crippen LogP contribution in [0.4, 0.5) is 0 Å². The first kappa shape index (κ1) is 11.2. The van der Waals surface area contributed by atoms with E-state index < -0.39 is 0 Å². The Morgan fingerprint density at radius 3 is 2.93 bits per heavy atom. The van der Waals surface area contributed by atoms with E-state index >= 15 is 0 Å². The van der Waals surface area contributed by atoms with Crippen LogP contribution in [0.2, 0.25) is 0 Å². The van der Waals surface area contributed by atoms with Gasteiger partial charge in [-0.25, -0.2) is 4.98 Å². The van der Waals surface area contributed by atoms with Gasteiger partial charge in [-0.15, -0.1) is 18.2 Å². The van der Waals surface area contributed by atoms with Crippen molar-refractivity contribution in [2.24, 2.45) is 5.41 Å². The zero-order valence-corrected chi connectivity index (χ0v) is 9.46. The zero-order valence-electron chi connectivity index (χ0n) is 8.70. The van der Waals surface area contributed by atoms with Gasteiger partial charge in [0.25, 0.3) is 0 Å². The van der Waals surface area contributed by atoms with Gasteiger partial charge in [0.05, 0.1) is 0 Å². The molecule has 0 aromatic carbocycles. The molecule has 0 N–H and O–H groups in total. The normalized spacial score (nSPS) is 15.1. The van der Waals surface area contributed by atoms with Gasteiger partial charge in [0.1, 0.15) is 12.2 Å². The van der Waals surface area contributed by atoms with Crippen molar-refractivity contribution in [2.45, 2.75) is 26.8 Å². The van der Waals surface area contributed by atoms with Crippen LogP contribution in [-0.4, -0.2) is 20.6 Å². The molecule has 3 nitrogen and oxygen atoms in total. The van der Waals surface area contributed by atoms with E-state index in [0.29, 0.717) is 5.88 Å². The van der Waals surface area contributed by atoms with Crippen molar-refractivity contribution in [2.75, 3.05) is 5.88 Å².